The Balaban J connectivity index is 1.88. The minimum atomic E-state index is 0.805. The average Bonchev–Trinajstić information content (AvgIpc) is 2.53. The molecule has 1 fully saturated rings. The van der Waals surface area contributed by atoms with E-state index in [0.29, 0.717) is 0 Å². The van der Waals surface area contributed by atoms with E-state index in [1.807, 2.05) is 12.1 Å². The van der Waals surface area contributed by atoms with Gasteiger partial charge in [0.1, 0.15) is 0 Å². The molecule has 0 unspecified atom stereocenters. The highest BCUT2D eigenvalue weighted by Crippen LogP contribution is 2.27. The number of fused-ring (bicyclic) bond motifs is 1. The van der Waals surface area contributed by atoms with Crippen molar-refractivity contribution < 1.29 is 4.74 Å². The van der Waals surface area contributed by atoms with Gasteiger partial charge in [-0.05, 0) is 23.9 Å². The van der Waals surface area contributed by atoms with Crippen LogP contribution in [0.3, 0.4) is 0 Å². The van der Waals surface area contributed by atoms with E-state index in [4.69, 9.17) is 21.3 Å². The molecule has 3 nitrogen and oxygen atoms in total. The molecule has 0 amide bonds. The van der Waals surface area contributed by atoms with Gasteiger partial charge in [0.05, 0.1) is 23.9 Å². The summed E-state index contributed by atoms with van der Waals surface area (Å²) in [7, 11) is 0. The predicted molar refractivity (Wildman–Crippen MR) is 87.1 cm³/mol. The molecule has 0 atom stereocenters. The Hall–Kier alpha value is -1.16. The molecular formula is C17H21ClN2O. The molecule has 1 saturated heterocycles. The van der Waals surface area contributed by atoms with Crippen LogP contribution in [0.15, 0.2) is 24.3 Å². The van der Waals surface area contributed by atoms with E-state index in [1.165, 1.54) is 5.39 Å². The summed E-state index contributed by atoms with van der Waals surface area (Å²) < 4.78 is 5.40. The number of aromatic nitrogens is 1. The lowest BCUT2D eigenvalue weighted by Gasteiger charge is -2.26. The van der Waals surface area contributed by atoms with Crippen molar-refractivity contribution >= 4 is 22.4 Å². The lowest BCUT2D eigenvalue weighted by atomic mass is 10.1. The summed E-state index contributed by atoms with van der Waals surface area (Å²) in [4.78, 5) is 7.26. The molecule has 0 radical (unpaired) electrons. The molecule has 112 valence electrons. The summed E-state index contributed by atoms with van der Waals surface area (Å²) in [5, 5.41) is 3.12. The minimum Gasteiger partial charge on any atom is -0.379 e. The van der Waals surface area contributed by atoms with Gasteiger partial charge in [-0.25, -0.2) is 0 Å². The molecule has 0 aliphatic carbocycles. The fourth-order valence-electron chi connectivity index (χ4n) is 2.86. The average molecular weight is 305 g/mol. The molecular weight excluding hydrogens is 284 g/mol. The second-order valence-electron chi connectivity index (χ2n) is 5.46. The molecule has 3 rings (SSSR count). The van der Waals surface area contributed by atoms with Gasteiger partial charge in [-0.1, -0.05) is 30.7 Å². The Morgan fingerprint density at radius 3 is 2.86 bits per heavy atom. The van der Waals surface area contributed by atoms with Crippen LogP contribution in [0.25, 0.3) is 10.8 Å². The summed E-state index contributed by atoms with van der Waals surface area (Å²) >= 11 is 6.41. The van der Waals surface area contributed by atoms with Crippen molar-refractivity contribution in [3.8, 4) is 0 Å². The van der Waals surface area contributed by atoms with Crippen LogP contribution in [0.2, 0.25) is 5.02 Å². The van der Waals surface area contributed by atoms with Crippen LogP contribution >= 0.6 is 11.6 Å². The van der Waals surface area contributed by atoms with Gasteiger partial charge in [0, 0.05) is 37.1 Å². The number of rotatable bonds is 4. The summed E-state index contributed by atoms with van der Waals surface area (Å²) in [6, 6.07) is 8.24. The van der Waals surface area contributed by atoms with Gasteiger partial charge in [0.25, 0.3) is 0 Å². The van der Waals surface area contributed by atoms with E-state index in [-0.39, 0.29) is 0 Å². The van der Waals surface area contributed by atoms with E-state index in [0.717, 1.165) is 67.5 Å². The van der Waals surface area contributed by atoms with Crippen LogP contribution in [-0.2, 0) is 17.6 Å². The monoisotopic (exact) mass is 304 g/mol. The maximum atomic E-state index is 6.41. The van der Waals surface area contributed by atoms with Crippen molar-refractivity contribution in [1.29, 1.82) is 0 Å². The number of ether oxygens (including phenoxy) is 1. The summed E-state index contributed by atoms with van der Waals surface area (Å²) in [6.45, 7) is 6.86. The maximum absolute atomic E-state index is 6.41. The highest BCUT2D eigenvalue weighted by Gasteiger charge is 2.13. The first kappa shape index (κ1) is 14.8. The molecule has 1 aliphatic rings. The molecule has 0 N–H and O–H groups in total. The van der Waals surface area contributed by atoms with Crippen molar-refractivity contribution in [2.45, 2.75) is 19.8 Å². The molecule has 1 aromatic carbocycles. The molecule has 1 aromatic heterocycles. The number of hydrogen-bond donors (Lipinski definition) is 0. The highest BCUT2D eigenvalue weighted by molar-refractivity contribution is 6.35. The van der Waals surface area contributed by atoms with Gasteiger partial charge in [0.2, 0.25) is 0 Å². The normalized spacial score (nSPS) is 16.5. The lowest BCUT2D eigenvalue weighted by molar-refractivity contribution is 0.0384. The lowest BCUT2D eigenvalue weighted by Crippen LogP contribution is -2.37. The van der Waals surface area contributed by atoms with Crippen molar-refractivity contribution in [2.24, 2.45) is 0 Å². The van der Waals surface area contributed by atoms with Crippen molar-refractivity contribution in [3.63, 3.8) is 0 Å². The first-order chi connectivity index (χ1) is 10.3. The second kappa shape index (κ2) is 6.73. The molecule has 2 heterocycles. The first-order valence-corrected chi connectivity index (χ1v) is 8.03. The summed E-state index contributed by atoms with van der Waals surface area (Å²) in [5.74, 6) is 0. The van der Waals surface area contributed by atoms with Crippen LogP contribution in [0.5, 0.6) is 0 Å². The summed E-state index contributed by atoms with van der Waals surface area (Å²) in [6.07, 6.45) is 1.89. The van der Waals surface area contributed by atoms with Crippen molar-refractivity contribution in [3.05, 3.63) is 40.7 Å². The molecule has 0 spiro atoms. The number of nitrogens with zero attached hydrogens (tertiary/aromatic N) is 2. The largest absolute Gasteiger partial charge is 0.379 e. The van der Waals surface area contributed by atoms with Crippen molar-refractivity contribution in [2.75, 3.05) is 32.8 Å². The van der Waals surface area contributed by atoms with E-state index in [9.17, 15) is 0 Å². The highest BCUT2D eigenvalue weighted by atomic mass is 35.5. The summed E-state index contributed by atoms with van der Waals surface area (Å²) in [5.41, 5.74) is 2.27. The maximum Gasteiger partial charge on any atom is 0.0594 e. The standard InChI is InChI=1S/C17H21ClN2O/c1-2-14-12-13-4-3-5-15(18)17(13)16(19-14)6-7-20-8-10-21-11-9-20/h3-5,12H,2,6-11H2,1H3. The van der Waals surface area contributed by atoms with Gasteiger partial charge < -0.3 is 4.74 Å². The minimum absolute atomic E-state index is 0.805. The van der Waals surface area contributed by atoms with Crippen molar-refractivity contribution in [1.82, 2.24) is 9.88 Å². The third-order valence-corrected chi connectivity index (χ3v) is 4.38. The first-order valence-electron chi connectivity index (χ1n) is 7.65. The molecule has 0 saturated carbocycles. The van der Waals surface area contributed by atoms with Crippen LogP contribution in [0, 0.1) is 0 Å². The Bertz CT molecular complexity index is 623. The van der Waals surface area contributed by atoms with Crippen LogP contribution in [-0.4, -0.2) is 42.7 Å². The zero-order valence-corrected chi connectivity index (χ0v) is 13.2. The van der Waals surface area contributed by atoms with Gasteiger partial charge in [-0.2, -0.15) is 0 Å². The van der Waals surface area contributed by atoms with Gasteiger partial charge in [-0.15, -0.1) is 0 Å². The Morgan fingerprint density at radius 2 is 2.10 bits per heavy atom. The number of morpholine rings is 1. The van der Waals surface area contributed by atoms with Gasteiger partial charge in [0.15, 0.2) is 0 Å². The number of pyridine rings is 1. The second-order valence-corrected chi connectivity index (χ2v) is 5.86. The quantitative estimate of drug-likeness (QED) is 0.866. The predicted octanol–water partition coefficient (Wildman–Crippen LogP) is 3.33. The van der Waals surface area contributed by atoms with Gasteiger partial charge >= 0.3 is 0 Å². The third kappa shape index (κ3) is 3.37. The third-order valence-electron chi connectivity index (χ3n) is 4.07. The molecule has 1 aliphatic heterocycles. The number of aryl methyl sites for hydroxylation is 1. The smallest absolute Gasteiger partial charge is 0.0594 e. The number of hydrogen-bond acceptors (Lipinski definition) is 3. The molecule has 4 heteroatoms. The molecule has 21 heavy (non-hydrogen) atoms. The zero-order chi connectivity index (χ0) is 14.7. The number of benzene rings is 1. The van der Waals surface area contributed by atoms with Crippen LogP contribution < -0.4 is 0 Å². The fourth-order valence-corrected chi connectivity index (χ4v) is 3.15. The van der Waals surface area contributed by atoms with E-state index in [1.54, 1.807) is 0 Å². The molecule has 0 bridgehead atoms. The van der Waals surface area contributed by atoms with Crippen LogP contribution in [0.1, 0.15) is 18.3 Å². The van der Waals surface area contributed by atoms with Crippen LogP contribution in [0.4, 0.5) is 0 Å². The fraction of sp³-hybridized carbons (Fsp3) is 0.471. The Labute approximate surface area is 130 Å². The van der Waals surface area contributed by atoms with E-state index >= 15 is 0 Å². The SMILES string of the molecule is CCc1cc2cccc(Cl)c2c(CCN2CCOCC2)n1. The molecule has 2 aromatic rings. The Kier molecular flexibility index (Phi) is 4.73. The number of halogens is 1. The van der Waals surface area contributed by atoms with E-state index < -0.39 is 0 Å². The van der Waals surface area contributed by atoms with Gasteiger partial charge in [-0.3, -0.25) is 9.88 Å². The Morgan fingerprint density at radius 1 is 1.29 bits per heavy atom. The topological polar surface area (TPSA) is 25.4 Å². The van der Waals surface area contributed by atoms with E-state index in [2.05, 4.69) is 24.0 Å². The zero-order valence-electron chi connectivity index (χ0n) is 12.4.